The van der Waals surface area contributed by atoms with Crippen LogP contribution in [0.4, 0.5) is 0 Å². The molecule has 128 valence electrons. The fourth-order valence-corrected chi connectivity index (χ4v) is 3.40. The second-order valence-corrected chi connectivity index (χ2v) is 16.4. The van der Waals surface area contributed by atoms with Crippen LogP contribution in [0.25, 0.3) is 6.08 Å². The van der Waals surface area contributed by atoms with Crippen LogP contribution >= 0.6 is 0 Å². The van der Waals surface area contributed by atoms with Gasteiger partial charge in [0.05, 0.1) is 13.2 Å². The fourth-order valence-electron chi connectivity index (χ4n) is 1.83. The van der Waals surface area contributed by atoms with Crippen molar-refractivity contribution in [2.45, 2.75) is 46.2 Å². The molecule has 0 spiro atoms. The van der Waals surface area contributed by atoms with Crippen LogP contribution in [0, 0.1) is 6.92 Å². The zero-order valence-electron chi connectivity index (χ0n) is 15.7. The normalized spacial score (nSPS) is 13.7. The van der Waals surface area contributed by atoms with E-state index in [-0.39, 0.29) is 0 Å². The van der Waals surface area contributed by atoms with Gasteiger partial charge >= 0.3 is 0 Å². The highest BCUT2D eigenvalue weighted by Crippen LogP contribution is 2.20. The summed E-state index contributed by atoms with van der Waals surface area (Å²) in [6.07, 6.45) is 3.89. The molecule has 0 N–H and O–H groups in total. The lowest BCUT2D eigenvalue weighted by molar-refractivity contribution is 0.145. The van der Waals surface area contributed by atoms with Crippen molar-refractivity contribution < 1.29 is 13.6 Å². The smallest absolute Gasteiger partial charge is 0.268 e. The molecule has 0 unspecified atom stereocenters. The summed E-state index contributed by atoms with van der Waals surface area (Å²) in [6, 6.07) is 8.36. The Morgan fingerprint density at radius 2 is 1.39 bits per heavy atom. The highest BCUT2D eigenvalue weighted by atomic mass is 28.4. The summed E-state index contributed by atoms with van der Waals surface area (Å²) in [5.74, 6) is 1.30. The van der Waals surface area contributed by atoms with Gasteiger partial charge in [-0.25, -0.2) is 0 Å². The third kappa shape index (κ3) is 8.66. The topological polar surface area (TPSA) is 27.7 Å². The van der Waals surface area contributed by atoms with E-state index >= 15 is 0 Å². The van der Waals surface area contributed by atoms with Crippen molar-refractivity contribution in [3.63, 3.8) is 0 Å². The molecular weight excluding hydrogens is 320 g/mol. The van der Waals surface area contributed by atoms with E-state index in [1.165, 1.54) is 5.56 Å². The van der Waals surface area contributed by atoms with Gasteiger partial charge in [0.15, 0.2) is 0 Å². The number of rotatable bonds is 7. The van der Waals surface area contributed by atoms with E-state index in [4.69, 9.17) is 13.6 Å². The molecule has 23 heavy (non-hydrogen) atoms. The first kappa shape index (κ1) is 19.6. The average Bonchev–Trinajstić information content (AvgIpc) is 2.37. The lowest BCUT2D eigenvalue weighted by atomic mass is 10.1. The summed E-state index contributed by atoms with van der Waals surface area (Å²) >= 11 is 0. The number of hydrogen-bond acceptors (Lipinski definition) is 3. The molecule has 0 saturated carbocycles. The van der Waals surface area contributed by atoms with Gasteiger partial charge in [-0.05, 0) is 57.8 Å². The summed E-state index contributed by atoms with van der Waals surface area (Å²) in [7, 11) is -1.84. The van der Waals surface area contributed by atoms with Crippen molar-refractivity contribution in [2.24, 2.45) is 0 Å². The Balaban J connectivity index is 3.16. The number of ether oxygens (including phenoxy) is 1. The zero-order chi connectivity index (χ0) is 17.7. The first-order chi connectivity index (χ1) is 10.5. The van der Waals surface area contributed by atoms with E-state index < -0.39 is 16.6 Å². The van der Waals surface area contributed by atoms with Crippen LogP contribution in [0.3, 0.4) is 0 Å². The van der Waals surface area contributed by atoms with E-state index in [0.29, 0.717) is 5.95 Å². The van der Waals surface area contributed by atoms with Gasteiger partial charge in [-0.15, -0.1) is 0 Å². The summed E-state index contributed by atoms with van der Waals surface area (Å²) < 4.78 is 17.6. The summed E-state index contributed by atoms with van der Waals surface area (Å²) in [5, 5.41) is 0. The molecule has 0 fully saturated rings. The predicted molar refractivity (Wildman–Crippen MR) is 103 cm³/mol. The van der Waals surface area contributed by atoms with Crippen molar-refractivity contribution >= 4 is 22.7 Å². The van der Waals surface area contributed by atoms with E-state index in [2.05, 4.69) is 70.5 Å². The highest BCUT2D eigenvalue weighted by Gasteiger charge is 2.21. The largest absolute Gasteiger partial charge is 0.544 e. The van der Waals surface area contributed by atoms with Gasteiger partial charge in [0.1, 0.15) is 5.76 Å². The van der Waals surface area contributed by atoms with E-state index in [9.17, 15) is 0 Å². The van der Waals surface area contributed by atoms with Gasteiger partial charge in [-0.3, -0.25) is 0 Å². The summed E-state index contributed by atoms with van der Waals surface area (Å²) in [5.41, 5.74) is 2.34. The van der Waals surface area contributed by atoms with Gasteiger partial charge in [-0.1, -0.05) is 29.8 Å². The minimum absolute atomic E-state index is 0.515. The van der Waals surface area contributed by atoms with Gasteiger partial charge in [0.25, 0.3) is 5.95 Å². The van der Waals surface area contributed by atoms with Gasteiger partial charge in [0, 0.05) is 0 Å². The second-order valence-electron chi connectivity index (χ2n) is 7.55. The first-order valence-electron chi connectivity index (χ1n) is 7.90. The third-order valence-corrected chi connectivity index (χ3v) is 4.34. The molecule has 0 aliphatic carbocycles. The second kappa shape index (κ2) is 7.88. The number of benzene rings is 1. The molecule has 0 amide bonds. The number of aryl methyl sites for hydroxylation is 1. The van der Waals surface area contributed by atoms with Crippen LogP contribution in [0.15, 0.2) is 42.0 Å². The Bertz CT molecular complexity index is 561. The van der Waals surface area contributed by atoms with Crippen LogP contribution in [-0.4, -0.2) is 23.7 Å². The Morgan fingerprint density at radius 1 is 0.870 bits per heavy atom. The molecule has 0 saturated heterocycles. The fraction of sp³-hybridized carbons (Fsp3) is 0.444. The summed E-state index contributed by atoms with van der Waals surface area (Å²) in [4.78, 5) is 0. The van der Waals surface area contributed by atoms with Crippen molar-refractivity contribution in [3.05, 3.63) is 53.2 Å². The minimum Gasteiger partial charge on any atom is -0.544 e. The maximum atomic E-state index is 6.20. The molecule has 0 aromatic heterocycles. The zero-order valence-corrected chi connectivity index (χ0v) is 17.7. The molecule has 5 heteroatoms. The van der Waals surface area contributed by atoms with E-state index in [1.807, 2.05) is 12.2 Å². The lowest BCUT2D eigenvalue weighted by Crippen LogP contribution is -2.26. The summed E-state index contributed by atoms with van der Waals surface area (Å²) in [6.45, 7) is 15.0. The Labute approximate surface area is 143 Å². The molecule has 1 aromatic rings. The molecule has 0 aliphatic rings. The molecule has 0 aliphatic heterocycles. The minimum atomic E-state index is -1.74. The maximum absolute atomic E-state index is 6.20. The van der Waals surface area contributed by atoms with Crippen LogP contribution in [0.2, 0.25) is 39.3 Å². The molecule has 0 atom stereocenters. The van der Waals surface area contributed by atoms with Crippen molar-refractivity contribution in [1.82, 2.24) is 0 Å². The molecule has 1 aromatic carbocycles. The molecule has 0 heterocycles. The van der Waals surface area contributed by atoms with E-state index in [0.717, 1.165) is 11.3 Å². The molecule has 0 bridgehead atoms. The first-order valence-corrected chi connectivity index (χ1v) is 14.7. The highest BCUT2D eigenvalue weighted by molar-refractivity contribution is 6.70. The predicted octanol–water partition coefficient (Wildman–Crippen LogP) is 5.53. The number of hydrogen-bond donors (Lipinski definition) is 0. The molecular formula is C18H30O3Si2. The van der Waals surface area contributed by atoms with Gasteiger partial charge in [-0.2, -0.15) is 0 Å². The third-order valence-electron chi connectivity index (χ3n) is 2.68. The van der Waals surface area contributed by atoms with Crippen LogP contribution in [0.1, 0.15) is 11.1 Å². The maximum Gasteiger partial charge on any atom is 0.268 e. The quantitative estimate of drug-likeness (QED) is 0.368. The van der Waals surface area contributed by atoms with E-state index in [1.54, 1.807) is 7.11 Å². The number of allylic oxidation sites excluding steroid dienone is 1. The standard InChI is InChI=1S/C18H30O3Si2/c1-15-9-11-16(12-10-15)13-17(20-22(3,4)5)14-18(19-2)21-23(6,7)8/h9-14H,1-8H3/b17-13+,18-14+. The van der Waals surface area contributed by atoms with Crippen LogP contribution < -0.4 is 0 Å². The van der Waals surface area contributed by atoms with Crippen LogP contribution in [-0.2, 0) is 13.6 Å². The van der Waals surface area contributed by atoms with Crippen molar-refractivity contribution in [2.75, 3.05) is 7.11 Å². The lowest BCUT2D eigenvalue weighted by Gasteiger charge is -2.23. The van der Waals surface area contributed by atoms with Crippen LogP contribution in [0.5, 0.6) is 0 Å². The Morgan fingerprint density at radius 3 is 1.83 bits per heavy atom. The van der Waals surface area contributed by atoms with Gasteiger partial charge in [0.2, 0.25) is 16.6 Å². The average molecular weight is 351 g/mol. The molecule has 3 nitrogen and oxygen atoms in total. The number of methoxy groups -OCH3 is 1. The Kier molecular flexibility index (Phi) is 6.71. The Hall–Kier alpha value is -1.47. The monoisotopic (exact) mass is 350 g/mol. The van der Waals surface area contributed by atoms with Crippen molar-refractivity contribution in [3.8, 4) is 0 Å². The molecule has 1 rings (SSSR count). The van der Waals surface area contributed by atoms with Crippen molar-refractivity contribution in [1.29, 1.82) is 0 Å². The SMILES string of the molecule is CO/C(=C\C(=C/c1ccc(C)cc1)O[Si](C)(C)C)O[Si](C)(C)C. The molecule has 0 radical (unpaired) electrons. The van der Waals surface area contributed by atoms with Gasteiger partial charge < -0.3 is 13.6 Å².